The van der Waals surface area contributed by atoms with Gasteiger partial charge in [-0.05, 0) is 51.1 Å². The van der Waals surface area contributed by atoms with Gasteiger partial charge >= 0.3 is 0 Å². The van der Waals surface area contributed by atoms with Crippen LogP contribution in [0.3, 0.4) is 0 Å². The van der Waals surface area contributed by atoms with Crippen molar-refractivity contribution in [3.63, 3.8) is 0 Å². The number of hydrogen-bond acceptors (Lipinski definition) is 4. The van der Waals surface area contributed by atoms with Gasteiger partial charge in [0.15, 0.2) is 0 Å². The van der Waals surface area contributed by atoms with Gasteiger partial charge in [-0.2, -0.15) is 0 Å². The van der Waals surface area contributed by atoms with E-state index < -0.39 is 0 Å². The molecule has 1 aromatic rings. The summed E-state index contributed by atoms with van der Waals surface area (Å²) >= 11 is 1.81. The fraction of sp³-hybridized carbons (Fsp3) is 0.800. The van der Waals surface area contributed by atoms with E-state index >= 15 is 0 Å². The van der Waals surface area contributed by atoms with Crippen LogP contribution in [-0.2, 0) is 13.0 Å². The molecule has 0 bridgehead atoms. The number of nitrogens with one attached hydrogen (secondary N) is 1. The maximum absolute atomic E-state index is 4.69. The first-order valence-corrected chi connectivity index (χ1v) is 8.60. The minimum atomic E-state index is 0.846. The predicted molar refractivity (Wildman–Crippen MR) is 80.5 cm³/mol. The highest BCUT2D eigenvalue weighted by molar-refractivity contribution is 7.09. The second-order valence-electron chi connectivity index (χ2n) is 6.01. The maximum Gasteiger partial charge on any atom is 0.0926 e. The standard InChI is InChI=1S/C15H25N3S/c1-2-15-17-14(11-19-15)10-18-7-3-4-12(9-18)8-16-13-5-6-13/h11-13,16H,2-10H2,1H3. The van der Waals surface area contributed by atoms with Crippen LogP contribution in [0.4, 0.5) is 0 Å². The fourth-order valence-electron chi connectivity index (χ4n) is 2.90. The highest BCUT2D eigenvalue weighted by Gasteiger charge is 2.24. The number of thiazole rings is 1. The Balaban J connectivity index is 1.46. The van der Waals surface area contributed by atoms with Crippen molar-refractivity contribution in [1.29, 1.82) is 0 Å². The Morgan fingerprint density at radius 3 is 3.05 bits per heavy atom. The number of likely N-dealkylation sites (tertiary alicyclic amines) is 1. The molecule has 1 atom stereocenters. The minimum Gasteiger partial charge on any atom is -0.314 e. The molecular weight excluding hydrogens is 254 g/mol. The zero-order chi connectivity index (χ0) is 13.1. The van der Waals surface area contributed by atoms with Crippen molar-refractivity contribution in [3.8, 4) is 0 Å². The van der Waals surface area contributed by atoms with Crippen molar-refractivity contribution in [2.24, 2.45) is 5.92 Å². The third kappa shape index (κ3) is 4.01. The molecule has 0 aromatic carbocycles. The SMILES string of the molecule is CCc1nc(CN2CCCC(CNC3CC3)C2)cs1. The summed E-state index contributed by atoms with van der Waals surface area (Å²) in [6, 6.07) is 0.848. The predicted octanol–water partition coefficient (Wildman–Crippen LogP) is 2.67. The van der Waals surface area contributed by atoms with Gasteiger partial charge in [0.05, 0.1) is 10.7 Å². The summed E-state index contributed by atoms with van der Waals surface area (Å²) in [5.41, 5.74) is 1.28. The van der Waals surface area contributed by atoms with Gasteiger partial charge in [0.2, 0.25) is 0 Å². The highest BCUT2D eigenvalue weighted by atomic mass is 32.1. The molecule has 0 spiro atoms. The van der Waals surface area contributed by atoms with E-state index in [0.29, 0.717) is 0 Å². The molecule has 2 fully saturated rings. The molecule has 1 aliphatic heterocycles. The molecule has 2 aliphatic rings. The summed E-state index contributed by atoms with van der Waals surface area (Å²) in [6.07, 6.45) is 6.61. The average molecular weight is 279 g/mol. The Bertz CT molecular complexity index is 400. The summed E-state index contributed by atoms with van der Waals surface area (Å²) in [5.74, 6) is 0.846. The second kappa shape index (κ2) is 6.33. The molecule has 0 radical (unpaired) electrons. The molecule has 0 amide bonds. The molecule has 1 aromatic heterocycles. The van der Waals surface area contributed by atoms with Gasteiger partial charge in [-0.3, -0.25) is 4.90 Å². The summed E-state index contributed by atoms with van der Waals surface area (Å²) in [6.45, 7) is 6.95. The molecule has 106 valence electrons. The number of nitrogens with zero attached hydrogens (tertiary/aromatic N) is 2. The molecule has 1 unspecified atom stereocenters. The van der Waals surface area contributed by atoms with Crippen LogP contribution in [0, 0.1) is 5.92 Å². The number of hydrogen-bond donors (Lipinski definition) is 1. The average Bonchev–Trinajstić information content (AvgIpc) is 3.16. The van der Waals surface area contributed by atoms with Crippen molar-refractivity contribution < 1.29 is 0 Å². The molecule has 1 N–H and O–H groups in total. The molecule has 2 heterocycles. The first-order valence-electron chi connectivity index (χ1n) is 7.72. The lowest BCUT2D eigenvalue weighted by Gasteiger charge is -2.32. The molecule has 1 aliphatic carbocycles. The van der Waals surface area contributed by atoms with Crippen molar-refractivity contribution in [2.75, 3.05) is 19.6 Å². The van der Waals surface area contributed by atoms with Gasteiger partial charge in [0, 0.05) is 24.5 Å². The first kappa shape index (κ1) is 13.5. The topological polar surface area (TPSA) is 28.2 Å². The third-order valence-electron chi connectivity index (χ3n) is 4.16. The molecule has 4 heteroatoms. The smallest absolute Gasteiger partial charge is 0.0926 e. The van der Waals surface area contributed by atoms with Gasteiger partial charge in [0.1, 0.15) is 0 Å². The summed E-state index contributed by atoms with van der Waals surface area (Å²) in [5, 5.41) is 7.20. The largest absolute Gasteiger partial charge is 0.314 e. The third-order valence-corrected chi connectivity index (χ3v) is 5.20. The van der Waals surface area contributed by atoms with Crippen molar-refractivity contribution in [3.05, 3.63) is 16.1 Å². The van der Waals surface area contributed by atoms with E-state index in [4.69, 9.17) is 4.98 Å². The minimum absolute atomic E-state index is 0.846. The van der Waals surface area contributed by atoms with Crippen LogP contribution in [0.25, 0.3) is 0 Å². The number of rotatable bonds is 6. The van der Waals surface area contributed by atoms with Crippen molar-refractivity contribution in [2.45, 2.75) is 51.6 Å². The number of aryl methyl sites for hydroxylation is 1. The quantitative estimate of drug-likeness (QED) is 0.868. The Hall–Kier alpha value is -0.450. The zero-order valence-electron chi connectivity index (χ0n) is 11.9. The van der Waals surface area contributed by atoms with E-state index in [1.807, 2.05) is 11.3 Å². The molecule has 3 rings (SSSR count). The van der Waals surface area contributed by atoms with Crippen LogP contribution in [0.15, 0.2) is 5.38 Å². The lowest BCUT2D eigenvalue weighted by Crippen LogP contribution is -2.39. The Labute approximate surface area is 120 Å². The molecular formula is C15H25N3S. The Morgan fingerprint density at radius 1 is 1.42 bits per heavy atom. The number of aromatic nitrogens is 1. The summed E-state index contributed by atoms with van der Waals surface area (Å²) in [7, 11) is 0. The van der Waals surface area contributed by atoms with E-state index in [-0.39, 0.29) is 0 Å². The van der Waals surface area contributed by atoms with E-state index in [1.54, 1.807) is 0 Å². The van der Waals surface area contributed by atoms with E-state index in [2.05, 4.69) is 22.5 Å². The summed E-state index contributed by atoms with van der Waals surface area (Å²) in [4.78, 5) is 7.29. The van der Waals surface area contributed by atoms with Gasteiger partial charge in [-0.25, -0.2) is 4.98 Å². The van der Waals surface area contributed by atoms with E-state index in [9.17, 15) is 0 Å². The van der Waals surface area contributed by atoms with Gasteiger partial charge in [0.25, 0.3) is 0 Å². The fourth-order valence-corrected chi connectivity index (χ4v) is 3.63. The van der Waals surface area contributed by atoms with Crippen LogP contribution in [0.1, 0.15) is 43.3 Å². The lowest BCUT2D eigenvalue weighted by atomic mass is 9.98. The zero-order valence-corrected chi connectivity index (χ0v) is 12.7. The second-order valence-corrected chi connectivity index (χ2v) is 6.95. The van der Waals surface area contributed by atoms with Gasteiger partial charge in [-0.1, -0.05) is 6.92 Å². The lowest BCUT2D eigenvalue weighted by molar-refractivity contribution is 0.163. The summed E-state index contributed by atoms with van der Waals surface area (Å²) < 4.78 is 0. The van der Waals surface area contributed by atoms with Crippen molar-refractivity contribution >= 4 is 11.3 Å². The molecule has 1 saturated carbocycles. The highest BCUT2D eigenvalue weighted by Crippen LogP contribution is 2.22. The van der Waals surface area contributed by atoms with Crippen LogP contribution in [-0.4, -0.2) is 35.6 Å². The Kier molecular flexibility index (Phi) is 4.51. The van der Waals surface area contributed by atoms with Crippen LogP contribution in [0.2, 0.25) is 0 Å². The number of piperidine rings is 1. The van der Waals surface area contributed by atoms with Gasteiger partial charge in [-0.15, -0.1) is 11.3 Å². The monoisotopic (exact) mass is 279 g/mol. The normalized spacial score (nSPS) is 24.8. The molecule has 1 saturated heterocycles. The van der Waals surface area contributed by atoms with Crippen molar-refractivity contribution in [1.82, 2.24) is 15.2 Å². The van der Waals surface area contributed by atoms with Crippen LogP contribution < -0.4 is 5.32 Å². The maximum atomic E-state index is 4.69. The van der Waals surface area contributed by atoms with E-state index in [1.165, 1.54) is 56.0 Å². The first-order chi connectivity index (χ1) is 9.33. The molecule has 19 heavy (non-hydrogen) atoms. The van der Waals surface area contributed by atoms with Crippen LogP contribution in [0.5, 0.6) is 0 Å². The Morgan fingerprint density at radius 2 is 2.32 bits per heavy atom. The van der Waals surface area contributed by atoms with Gasteiger partial charge < -0.3 is 5.32 Å². The molecule has 3 nitrogen and oxygen atoms in total. The van der Waals surface area contributed by atoms with E-state index in [0.717, 1.165) is 24.9 Å². The van der Waals surface area contributed by atoms with Crippen LogP contribution >= 0.6 is 11.3 Å².